The molecule has 0 saturated carbocycles. The summed E-state index contributed by atoms with van der Waals surface area (Å²) in [7, 11) is 0. The highest BCUT2D eigenvalue weighted by atomic mass is 32.2. The molecule has 0 radical (unpaired) electrons. The van der Waals surface area contributed by atoms with Crippen LogP contribution in [0.3, 0.4) is 0 Å². The maximum Gasteiger partial charge on any atom is 0.187 e. The number of para-hydroxylation sites is 1. The van der Waals surface area contributed by atoms with Gasteiger partial charge < -0.3 is 0 Å². The largest absolute Gasteiger partial charge is 0.227 e. The van der Waals surface area contributed by atoms with Crippen LogP contribution in [0.15, 0.2) is 84.1 Å². The van der Waals surface area contributed by atoms with Gasteiger partial charge in [-0.05, 0) is 28.5 Å². The lowest BCUT2D eigenvalue weighted by Gasteiger charge is -2.06. The van der Waals surface area contributed by atoms with E-state index in [-0.39, 0.29) is 0 Å². The van der Waals surface area contributed by atoms with Crippen molar-refractivity contribution in [2.45, 2.75) is 10.8 Å². The van der Waals surface area contributed by atoms with Gasteiger partial charge in [0.2, 0.25) is 0 Å². The summed E-state index contributed by atoms with van der Waals surface area (Å²) in [6.07, 6.45) is 1.58. The molecule has 0 N–H and O–H groups in total. The van der Waals surface area contributed by atoms with E-state index in [4.69, 9.17) is 0 Å². The summed E-state index contributed by atoms with van der Waals surface area (Å²) in [5.74, 6) is 0.811. The number of fused-ring (bicyclic) bond motifs is 2. The molecule has 0 aliphatic rings. The zero-order chi connectivity index (χ0) is 18.1. The molecule has 27 heavy (non-hydrogen) atoms. The molecule has 5 aromatic rings. The van der Waals surface area contributed by atoms with Gasteiger partial charge in [0.25, 0.3) is 0 Å². The third-order valence-corrected chi connectivity index (χ3v) is 5.48. The Hall–Kier alpha value is -3.25. The monoisotopic (exact) mass is 369 g/mol. The van der Waals surface area contributed by atoms with E-state index in [2.05, 4.69) is 62.7 Å². The summed E-state index contributed by atoms with van der Waals surface area (Å²) < 4.78 is 1.75. The van der Waals surface area contributed by atoms with Crippen LogP contribution in [0.5, 0.6) is 0 Å². The Kier molecular flexibility index (Phi) is 4.03. The van der Waals surface area contributed by atoms with Gasteiger partial charge in [0.15, 0.2) is 11.2 Å². The normalized spacial score (nSPS) is 11.3. The number of hydrogen-bond acceptors (Lipinski definition) is 5. The van der Waals surface area contributed by atoms with E-state index in [1.807, 2.05) is 30.3 Å². The van der Waals surface area contributed by atoms with Gasteiger partial charge in [0.1, 0.15) is 11.4 Å². The molecule has 0 unspecified atom stereocenters. The van der Waals surface area contributed by atoms with Crippen molar-refractivity contribution in [1.82, 2.24) is 25.0 Å². The third-order valence-electron chi connectivity index (χ3n) is 4.45. The van der Waals surface area contributed by atoms with Crippen LogP contribution in [0.25, 0.3) is 27.6 Å². The van der Waals surface area contributed by atoms with Crippen molar-refractivity contribution in [2.24, 2.45) is 0 Å². The highest BCUT2D eigenvalue weighted by Gasteiger charge is 2.13. The number of rotatable bonds is 4. The molecular formula is C21H15N5S. The second-order valence-corrected chi connectivity index (χ2v) is 7.08. The lowest BCUT2D eigenvalue weighted by Crippen LogP contribution is -1.97. The van der Waals surface area contributed by atoms with Crippen molar-refractivity contribution in [2.75, 3.05) is 0 Å². The summed E-state index contributed by atoms with van der Waals surface area (Å²) in [5, 5.41) is 12.0. The minimum absolute atomic E-state index is 0.719. The average molecular weight is 369 g/mol. The standard InChI is InChI=1S/C21H15N5S/c1-2-10-17(11-3-1)26-20-19(24-25-26)21(23-14-22-20)27-13-16-9-6-8-15-7-4-5-12-18(15)16/h1-12,14H,13H2. The second kappa shape index (κ2) is 6.81. The Morgan fingerprint density at radius 2 is 1.63 bits per heavy atom. The molecule has 0 aliphatic heterocycles. The van der Waals surface area contributed by atoms with Crippen LogP contribution in [-0.2, 0) is 5.75 Å². The van der Waals surface area contributed by atoms with Crippen molar-refractivity contribution in [3.63, 3.8) is 0 Å². The molecule has 2 aromatic heterocycles. The molecule has 0 atom stereocenters. The first-order valence-electron chi connectivity index (χ1n) is 8.61. The summed E-state index contributed by atoms with van der Waals surface area (Å²) in [4.78, 5) is 8.84. The molecular weight excluding hydrogens is 354 g/mol. The fourth-order valence-electron chi connectivity index (χ4n) is 3.14. The highest BCUT2D eigenvalue weighted by Crippen LogP contribution is 2.29. The fourth-order valence-corrected chi connectivity index (χ4v) is 4.08. The first-order chi connectivity index (χ1) is 13.4. The summed E-state index contributed by atoms with van der Waals surface area (Å²) >= 11 is 1.66. The zero-order valence-electron chi connectivity index (χ0n) is 14.4. The summed E-state index contributed by atoms with van der Waals surface area (Å²) in [6.45, 7) is 0. The van der Waals surface area contributed by atoms with Crippen molar-refractivity contribution in [3.05, 3.63) is 84.7 Å². The number of thioether (sulfide) groups is 1. The molecule has 0 aliphatic carbocycles. The molecule has 6 heteroatoms. The van der Waals surface area contributed by atoms with Crippen molar-refractivity contribution in [3.8, 4) is 5.69 Å². The van der Waals surface area contributed by atoms with E-state index in [1.54, 1.807) is 22.8 Å². The SMILES string of the molecule is c1ccc(-n2nnc3c(SCc4cccc5ccccc45)ncnc32)cc1. The molecule has 130 valence electrons. The van der Waals surface area contributed by atoms with Crippen LogP contribution >= 0.6 is 11.8 Å². The van der Waals surface area contributed by atoms with Crippen molar-refractivity contribution >= 4 is 33.7 Å². The molecule has 0 fully saturated rings. The van der Waals surface area contributed by atoms with E-state index in [0.29, 0.717) is 0 Å². The molecule has 0 amide bonds. The van der Waals surface area contributed by atoms with E-state index in [9.17, 15) is 0 Å². The van der Waals surface area contributed by atoms with Gasteiger partial charge >= 0.3 is 0 Å². The third kappa shape index (κ3) is 2.94. The molecule has 0 saturated heterocycles. The lowest BCUT2D eigenvalue weighted by molar-refractivity contribution is 0.817. The van der Waals surface area contributed by atoms with E-state index < -0.39 is 0 Å². The Morgan fingerprint density at radius 1 is 0.815 bits per heavy atom. The Morgan fingerprint density at radius 3 is 2.56 bits per heavy atom. The Bertz CT molecular complexity index is 1230. The van der Waals surface area contributed by atoms with Gasteiger partial charge in [0, 0.05) is 5.75 Å². The molecule has 5 nitrogen and oxygen atoms in total. The molecule has 5 rings (SSSR count). The maximum atomic E-state index is 4.45. The Balaban J connectivity index is 1.50. The molecule has 0 spiro atoms. The number of nitrogens with zero attached hydrogens (tertiary/aromatic N) is 5. The van der Waals surface area contributed by atoms with E-state index in [0.717, 1.165) is 27.6 Å². The van der Waals surface area contributed by atoms with Gasteiger partial charge in [-0.15, -0.1) is 5.10 Å². The first kappa shape index (κ1) is 16.0. The zero-order valence-corrected chi connectivity index (χ0v) is 15.2. The van der Waals surface area contributed by atoms with Gasteiger partial charge in [-0.2, -0.15) is 4.68 Å². The predicted molar refractivity (Wildman–Crippen MR) is 108 cm³/mol. The van der Waals surface area contributed by atoms with Crippen LogP contribution in [-0.4, -0.2) is 25.0 Å². The minimum Gasteiger partial charge on any atom is -0.227 e. The molecule has 2 heterocycles. The van der Waals surface area contributed by atoms with E-state index in [1.165, 1.54) is 16.3 Å². The van der Waals surface area contributed by atoms with Crippen LogP contribution in [0.1, 0.15) is 5.56 Å². The van der Waals surface area contributed by atoms with Crippen molar-refractivity contribution < 1.29 is 0 Å². The smallest absolute Gasteiger partial charge is 0.187 e. The van der Waals surface area contributed by atoms with Crippen LogP contribution < -0.4 is 0 Å². The van der Waals surface area contributed by atoms with Gasteiger partial charge in [0.05, 0.1) is 5.69 Å². The van der Waals surface area contributed by atoms with Gasteiger partial charge in [-0.25, -0.2) is 9.97 Å². The Labute approximate surface area is 160 Å². The number of hydrogen-bond donors (Lipinski definition) is 0. The van der Waals surface area contributed by atoms with Gasteiger partial charge in [-0.3, -0.25) is 0 Å². The lowest BCUT2D eigenvalue weighted by atomic mass is 10.1. The number of benzene rings is 3. The summed E-state index contributed by atoms with van der Waals surface area (Å²) in [5.41, 5.74) is 3.66. The predicted octanol–water partition coefficient (Wildman–Crippen LogP) is 4.66. The average Bonchev–Trinajstić information content (AvgIpc) is 3.17. The van der Waals surface area contributed by atoms with Crippen LogP contribution in [0.4, 0.5) is 0 Å². The molecule has 0 bridgehead atoms. The van der Waals surface area contributed by atoms with Crippen molar-refractivity contribution in [1.29, 1.82) is 0 Å². The quantitative estimate of drug-likeness (QED) is 0.341. The topological polar surface area (TPSA) is 56.5 Å². The van der Waals surface area contributed by atoms with E-state index >= 15 is 0 Å². The van der Waals surface area contributed by atoms with Gasteiger partial charge in [-0.1, -0.05) is 77.6 Å². The number of aromatic nitrogens is 5. The maximum absolute atomic E-state index is 4.45. The molecule has 3 aromatic carbocycles. The minimum atomic E-state index is 0.719. The fraction of sp³-hybridized carbons (Fsp3) is 0.0476. The van der Waals surface area contributed by atoms with Crippen LogP contribution in [0.2, 0.25) is 0 Å². The second-order valence-electron chi connectivity index (χ2n) is 6.11. The highest BCUT2D eigenvalue weighted by molar-refractivity contribution is 7.98. The summed E-state index contributed by atoms with van der Waals surface area (Å²) in [6, 6.07) is 24.7. The van der Waals surface area contributed by atoms with Crippen LogP contribution in [0, 0.1) is 0 Å². The first-order valence-corrected chi connectivity index (χ1v) is 9.60.